The Morgan fingerprint density at radius 3 is 2.76 bits per heavy atom. The number of hydrogen-bond acceptors (Lipinski definition) is 8. The van der Waals surface area contributed by atoms with Crippen LogP contribution in [0.1, 0.15) is 12.0 Å². The smallest absolute Gasteiger partial charge is 0.537 e. The molecule has 0 spiro atoms. The van der Waals surface area contributed by atoms with Gasteiger partial charge in [0, 0.05) is 37.3 Å². The van der Waals surface area contributed by atoms with Gasteiger partial charge in [-0.15, -0.1) is 7.05 Å². The SMILES string of the molecule is C[N-]OCCCNc1nc(Nc2cccc(C)c2)c2c(=O)[nH]ccc2n1.O=C1NCCS1.[K+]. The van der Waals surface area contributed by atoms with Crippen LogP contribution in [0.25, 0.3) is 16.4 Å². The van der Waals surface area contributed by atoms with Gasteiger partial charge in [0.05, 0.1) is 5.52 Å². The van der Waals surface area contributed by atoms with Crippen molar-refractivity contribution < 1.29 is 61.0 Å². The molecule has 0 radical (unpaired) electrons. The Kier molecular flexibility index (Phi) is 12.3. The van der Waals surface area contributed by atoms with E-state index >= 15 is 0 Å². The van der Waals surface area contributed by atoms with Crippen LogP contribution in [-0.4, -0.2) is 52.7 Å². The number of nitrogens with one attached hydrogen (secondary N) is 4. The number of rotatable bonds is 8. The second-order valence-corrected chi connectivity index (χ2v) is 7.88. The van der Waals surface area contributed by atoms with E-state index in [2.05, 4.69) is 36.4 Å². The number of carbonyl (C=O) groups is 1. The number of pyridine rings is 1. The van der Waals surface area contributed by atoms with Crippen molar-refractivity contribution in [1.82, 2.24) is 20.3 Å². The topological polar surface area (TPSA) is 135 Å². The van der Waals surface area contributed by atoms with Crippen LogP contribution in [0.15, 0.2) is 41.3 Å². The minimum Gasteiger partial charge on any atom is -0.537 e. The molecular formula is C21H26KN7O3S. The largest absolute Gasteiger partial charge is 1.00 e. The number of benzene rings is 1. The Morgan fingerprint density at radius 1 is 1.24 bits per heavy atom. The zero-order chi connectivity index (χ0) is 22.8. The fourth-order valence-corrected chi connectivity index (χ4v) is 3.49. The van der Waals surface area contributed by atoms with Crippen molar-refractivity contribution in [3.05, 3.63) is 57.9 Å². The molecule has 2 aromatic heterocycles. The molecule has 0 saturated carbocycles. The average molecular weight is 496 g/mol. The summed E-state index contributed by atoms with van der Waals surface area (Å²) >= 11 is 1.35. The number of hydroxylamine groups is 1. The predicted octanol–water partition coefficient (Wildman–Crippen LogP) is 0.554. The van der Waals surface area contributed by atoms with Crippen molar-refractivity contribution >= 4 is 45.4 Å². The van der Waals surface area contributed by atoms with Crippen LogP contribution >= 0.6 is 11.8 Å². The first-order valence-electron chi connectivity index (χ1n) is 10.2. The fraction of sp³-hybridized carbons (Fsp3) is 0.333. The van der Waals surface area contributed by atoms with Crippen molar-refractivity contribution in [3.8, 4) is 0 Å². The van der Waals surface area contributed by atoms with E-state index < -0.39 is 0 Å². The summed E-state index contributed by atoms with van der Waals surface area (Å²) < 4.78 is 0. The number of aromatic amines is 1. The zero-order valence-corrected chi connectivity index (χ0v) is 22.9. The van der Waals surface area contributed by atoms with Crippen LogP contribution in [0.4, 0.5) is 22.2 Å². The maximum Gasteiger partial charge on any atom is 1.00 e. The summed E-state index contributed by atoms with van der Waals surface area (Å²) in [7, 11) is 1.60. The van der Waals surface area contributed by atoms with E-state index in [0.717, 1.165) is 30.0 Å². The van der Waals surface area contributed by atoms with Gasteiger partial charge in [0.15, 0.2) is 0 Å². The molecule has 0 atom stereocenters. The van der Waals surface area contributed by atoms with Gasteiger partial charge < -0.3 is 31.3 Å². The van der Waals surface area contributed by atoms with Crippen molar-refractivity contribution in [2.75, 3.05) is 43.1 Å². The molecule has 1 fully saturated rings. The third-order valence-corrected chi connectivity index (χ3v) is 5.14. The molecule has 12 heteroatoms. The first-order chi connectivity index (χ1) is 15.6. The Morgan fingerprint density at radius 2 is 2.09 bits per heavy atom. The average Bonchev–Trinajstić information content (AvgIpc) is 3.25. The monoisotopic (exact) mass is 495 g/mol. The van der Waals surface area contributed by atoms with Gasteiger partial charge in [-0.1, -0.05) is 23.9 Å². The van der Waals surface area contributed by atoms with Gasteiger partial charge in [-0.05, 0) is 37.1 Å². The number of aromatic nitrogens is 3. The molecule has 1 amide bonds. The van der Waals surface area contributed by atoms with E-state index in [9.17, 15) is 9.59 Å². The number of fused-ring (bicyclic) bond motifs is 1. The van der Waals surface area contributed by atoms with Crippen LogP contribution in [0.2, 0.25) is 0 Å². The number of amides is 1. The van der Waals surface area contributed by atoms with Crippen LogP contribution in [-0.2, 0) is 4.84 Å². The predicted molar refractivity (Wildman–Crippen MR) is 129 cm³/mol. The first kappa shape index (κ1) is 27.7. The molecule has 4 N–H and O–H groups in total. The van der Waals surface area contributed by atoms with Crippen molar-refractivity contribution in [3.63, 3.8) is 0 Å². The Bertz CT molecular complexity index is 1100. The Balaban J connectivity index is 0.000000479. The normalized spacial score (nSPS) is 12.4. The van der Waals surface area contributed by atoms with Gasteiger partial charge >= 0.3 is 51.4 Å². The van der Waals surface area contributed by atoms with E-state index in [1.54, 1.807) is 19.3 Å². The molecule has 0 unspecified atom stereocenters. The summed E-state index contributed by atoms with van der Waals surface area (Å²) in [5, 5.41) is 9.57. The van der Waals surface area contributed by atoms with Crippen molar-refractivity contribution in [2.24, 2.45) is 0 Å². The summed E-state index contributed by atoms with van der Waals surface area (Å²) in [6.45, 7) is 4.01. The van der Waals surface area contributed by atoms with Gasteiger partial charge in [-0.25, -0.2) is 4.98 Å². The standard InChI is InChI=1S/C18H21N6O2.C3H5NOS.K/c1-12-5-3-6-13(11-12)22-16-15-14(7-9-20-17(15)25)23-18(24-16)21-8-4-10-26-19-2;5-3-4-1-2-6-3;/h3,5-7,9,11H,4,8,10H2,1-2H3,(H,20,25)(H2,21,22,23,24);1-2H2,(H,4,5);/q-1;;+1. The molecule has 10 nitrogen and oxygen atoms in total. The molecule has 1 aliphatic rings. The summed E-state index contributed by atoms with van der Waals surface area (Å²) in [6.07, 6.45) is 2.34. The Labute approximate surface area is 238 Å². The number of H-pyrrole nitrogens is 1. The van der Waals surface area contributed by atoms with E-state index in [1.807, 2.05) is 31.2 Å². The van der Waals surface area contributed by atoms with Crippen LogP contribution in [0.3, 0.4) is 0 Å². The van der Waals surface area contributed by atoms with Gasteiger partial charge in [0.25, 0.3) is 10.8 Å². The molecule has 0 bridgehead atoms. The number of anilines is 3. The molecule has 33 heavy (non-hydrogen) atoms. The third kappa shape index (κ3) is 8.98. The third-order valence-electron chi connectivity index (χ3n) is 4.33. The summed E-state index contributed by atoms with van der Waals surface area (Å²) in [6, 6.07) is 9.63. The van der Waals surface area contributed by atoms with Crippen LogP contribution < -0.4 is 72.9 Å². The van der Waals surface area contributed by atoms with Crippen molar-refractivity contribution in [1.29, 1.82) is 0 Å². The Hall–Kier alpha value is -1.51. The maximum absolute atomic E-state index is 12.3. The first-order valence-corrected chi connectivity index (χ1v) is 11.1. The number of thioether (sulfide) groups is 1. The van der Waals surface area contributed by atoms with Gasteiger partial charge in [-0.3, -0.25) is 9.59 Å². The molecule has 4 rings (SSSR count). The van der Waals surface area contributed by atoms with Crippen LogP contribution in [0, 0.1) is 6.92 Å². The minimum absolute atomic E-state index is 0. The zero-order valence-electron chi connectivity index (χ0n) is 19.0. The molecule has 170 valence electrons. The number of hydrogen-bond donors (Lipinski definition) is 4. The van der Waals surface area contributed by atoms with Crippen molar-refractivity contribution in [2.45, 2.75) is 13.3 Å². The molecule has 0 aliphatic carbocycles. The summed E-state index contributed by atoms with van der Waals surface area (Å²) in [4.78, 5) is 38.9. The summed E-state index contributed by atoms with van der Waals surface area (Å²) in [5.74, 6) is 1.86. The summed E-state index contributed by atoms with van der Waals surface area (Å²) in [5.41, 5.74) is 5.90. The molecule has 3 aromatic rings. The maximum atomic E-state index is 12.3. The molecule has 1 aromatic carbocycles. The quantitative estimate of drug-likeness (QED) is 0.202. The van der Waals surface area contributed by atoms with E-state index in [4.69, 9.17) is 4.84 Å². The van der Waals surface area contributed by atoms with E-state index in [-0.39, 0.29) is 62.2 Å². The number of aryl methyl sites for hydroxylation is 1. The number of nitrogens with zero attached hydrogens (tertiary/aromatic N) is 3. The van der Waals surface area contributed by atoms with E-state index in [1.165, 1.54) is 11.8 Å². The van der Waals surface area contributed by atoms with Crippen LogP contribution in [0.5, 0.6) is 0 Å². The number of carbonyl (C=O) groups excluding carboxylic acids is 1. The molecule has 1 saturated heterocycles. The van der Waals surface area contributed by atoms with Gasteiger partial charge in [-0.2, -0.15) is 4.98 Å². The van der Waals surface area contributed by atoms with Gasteiger partial charge in [0.2, 0.25) is 5.95 Å². The fourth-order valence-electron chi connectivity index (χ4n) is 2.90. The van der Waals surface area contributed by atoms with Gasteiger partial charge in [0.1, 0.15) is 11.2 Å². The second-order valence-electron chi connectivity index (χ2n) is 6.82. The van der Waals surface area contributed by atoms with E-state index in [0.29, 0.717) is 35.8 Å². The molecular weight excluding hydrogens is 469 g/mol. The minimum atomic E-state index is -0.234. The molecule has 3 heterocycles. The second kappa shape index (κ2) is 14.7. The molecule has 1 aliphatic heterocycles.